The molecule has 0 fully saturated rings. The Kier molecular flexibility index (Phi) is 4.03. The van der Waals surface area contributed by atoms with Crippen molar-refractivity contribution in [3.8, 4) is 0 Å². The molecule has 1 rings (SSSR count). The summed E-state index contributed by atoms with van der Waals surface area (Å²) in [6, 6.07) is 3.99. The van der Waals surface area contributed by atoms with E-state index in [0.717, 1.165) is 4.88 Å². The largest absolute Gasteiger partial charge is 0.338 e. The standard InChI is InChI=1S/C11H15NO2S/c1-8(13)7-11(14)12(3)9(2)10-5-4-6-15-10/h4-6,9H,7H2,1-3H3. The van der Waals surface area contributed by atoms with Gasteiger partial charge >= 0.3 is 0 Å². The predicted octanol–water partition coefficient (Wildman–Crippen LogP) is 2.25. The summed E-state index contributed by atoms with van der Waals surface area (Å²) >= 11 is 1.62. The van der Waals surface area contributed by atoms with E-state index in [1.807, 2.05) is 24.4 Å². The third kappa shape index (κ3) is 3.16. The Morgan fingerprint density at radius 3 is 2.67 bits per heavy atom. The number of rotatable bonds is 4. The van der Waals surface area contributed by atoms with E-state index in [-0.39, 0.29) is 24.2 Å². The van der Waals surface area contributed by atoms with Crippen molar-refractivity contribution in [2.75, 3.05) is 7.05 Å². The fraction of sp³-hybridized carbons (Fsp3) is 0.455. The number of hydrogen-bond donors (Lipinski definition) is 0. The minimum absolute atomic E-state index is 0.00772. The summed E-state index contributed by atoms with van der Waals surface area (Å²) in [6.45, 7) is 3.39. The van der Waals surface area contributed by atoms with Gasteiger partial charge in [0.2, 0.25) is 5.91 Å². The van der Waals surface area contributed by atoms with Crippen LogP contribution in [-0.4, -0.2) is 23.6 Å². The molecule has 1 aromatic rings. The van der Waals surface area contributed by atoms with Gasteiger partial charge in [0, 0.05) is 11.9 Å². The molecule has 0 aromatic carbocycles. The highest BCUT2D eigenvalue weighted by atomic mass is 32.1. The van der Waals surface area contributed by atoms with Gasteiger partial charge in [-0.15, -0.1) is 11.3 Å². The molecule has 15 heavy (non-hydrogen) atoms. The van der Waals surface area contributed by atoms with Crippen LogP contribution in [0.1, 0.15) is 31.2 Å². The molecule has 0 saturated carbocycles. The van der Waals surface area contributed by atoms with Gasteiger partial charge in [-0.05, 0) is 25.3 Å². The van der Waals surface area contributed by atoms with Crippen molar-refractivity contribution in [1.82, 2.24) is 4.90 Å². The molecule has 0 radical (unpaired) electrons. The summed E-state index contributed by atoms with van der Waals surface area (Å²) in [6.07, 6.45) is -0.00772. The first-order chi connectivity index (χ1) is 7.02. The van der Waals surface area contributed by atoms with Crippen molar-refractivity contribution in [3.63, 3.8) is 0 Å². The van der Waals surface area contributed by atoms with Gasteiger partial charge in [0.25, 0.3) is 0 Å². The highest BCUT2D eigenvalue weighted by Gasteiger charge is 2.18. The SMILES string of the molecule is CC(=O)CC(=O)N(C)C(C)c1cccs1. The molecule has 0 spiro atoms. The fourth-order valence-electron chi connectivity index (χ4n) is 1.27. The second-order valence-corrected chi connectivity index (χ2v) is 4.55. The first-order valence-corrected chi connectivity index (χ1v) is 5.69. The molecule has 1 unspecified atom stereocenters. The van der Waals surface area contributed by atoms with Crippen LogP contribution in [0.4, 0.5) is 0 Å². The molecule has 1 amide bonds. The van der Waals surface area contributed by atoms with Crippen LogP contribution in [0.15, 0.2) is 17.5 Å². The van der Waals surface area contributed by atoms with Crippen LogP contribution in [0.3, 0.4) is 0 Å². The lowest BCUT2D eigenvalue weighted by Gasteiger charge is -2.23. The first-order valence-electron chi connectivity index (χ1n) is 4.81. The minimum atomic E-state index is -0.122. The molecule has 0 aliphatic rings. The maximum absolute atomic E-state index is 11.6. The van der Waals surface area contributed by atoms with E-state index in [0.29, 0.717) is 0 Å². The Morgan fingerprint density at radius 2 is 2.20 bits per heavy atom. The average molecular weight is 225 g/mol. The molecular weight excluding hydrogens is 210 g/mol. The lowest BCUT2D eigenvalue weighted by Crippen LogP contribution is -2.30. The Labute approximate surface area is 93.7 Å². The van der Waals surface area contributed by atoms with Gasteiger partial charge in [-0.1, -0.05) is 6.07 Å². The van der Waals surface area contributed by atoms with Gasteiger partial charge in [-0.3, -0.25) is 9.59 Å². The van der Waals surface area contributed by atoms with Crippen molar-refractivity contribution < 1.29 is 9.59 Å². The van der Waals surface area contributed by atoms with Crippen LogP contribution < -0.4 is 0 Å². The normalized spacial score (nSPS) is 12.2. The van der Waals surface area contributed by atoms with Gasteiger partial charge in [0.05, 0.1) is 12.5 Å². The first kappa shape index (κ1) is 11.9. The minimum Gasteiger partial charge on any atom is -0.338 e. The quantitative estimate of drug-likeness (QED) is 0.737. The molecule has 1 heterocycles. The number of thiophene rings is 1. The second kappa shape index (κ2) is 5.07. The van der Waals surface area contributed by atoms with Gasteiger partial charge in [0.1, 0.15) is 5.78 Å². The monoisotopic (exact) mass is 225 g/mol. The van der Waals surface area contributed by atoms with Gasteiger partial charge in [-0.2, -0.15) is 0 Å². The van der Waals surface area contributed by atoms with Gasteiger partial charge in [0.15, 0.2) is 0 Å². The van der Waals surface area contributed by atoms with E-state index in [1.165, 1.54) is 6.92 Å². The van der Waals surface area contributed by atoms with Crippen molar-refractivity contribution in [3.05, 3.63) is 22.4 Å². The van der Waals surface area contributed by atoms with Crippen LogP contribution >= 0.6 is 11.3 Å². The number of carbonyl (C=O) groups excluding carboxylic acids is 2. The maximum Gasteiger partial charge on any atom is 0.230 e. The predicted molar refractivity (Wildman–Crippen MR) is 60.8 cm³/mol. The van der Waals surface area contributed by atoms with E-state index < -0.39 is 0 Å². The van der Waals surface area contributed by atoms with Gasteiger partial charge < -0.3 is 4.90 Å². The highest BCUT2D eigenvalue weighted by Crippen LogP contribution is 2.23. The van der Waals surface area contributed by atoms with E-state index in [1.54, 1.807) is 23.3 Å². The summed E-state index contributed by atoms with van der Waals surface area (Å²) in [5.41, 5.74) is 0. The van der Waals surface area contributed by atoms with Crippen LogP contribution in [0.5, 0.6) is 0 Å². The Hall–Kier alpha value is -1.16. The Morgan fingerprint density at radius 1 is 1.53 bits per heavy atom. The van der Waals surface area contributed by atoms with Crippen molar-refractivity contribution in [2.45, 2.75) is 26.3 Å². The second-order valence-electron chi connectivity index (χ2n) is 3.57. The Balaban J connectivity index is 2.64. The summed E-state index contributed by atoms with van der Waals surface area (Å²) in [7, 11) is 1.73. The van der Waals surface area contributed by atoms with Crippen LogP contribution in [0.2, 0.25) is 0 Å². The summed E-state index contributed by atoms with van der Waals surface area (Å²) in [5.74, 6) is -0.214. The lowest BCUT2D eigenvalue weighted by atomic mass is 10.2. The zero-order chi connectivity index (χ0) is 11.4. The number of nitrogens with zero attached hydrogens (tertiary/aromatic N) is 1. The molecule has 82 valence electrons. The van der Waals surface area contributed by atoms with Crippen LogP contribution in [0, 0.1) is 0 Å². The van der Waals surface area contributed by atoms with E-state index in [4.69, 9.17) is 0 Å². The third-order valence-corrected chi connectivity index (χ3v) is 3.37. The average Bonchev–Trinajstić information content (AvgIpc) is 2.67. The van der Waals surface area contributed by atoms with E-state index in [9.17, 15) is 9.59 Å². The Bertz CT molecular complexity index is 345. The molecular formula is C11H15NO2S. The number of amides is 1. The molecule has 0 saturated heterocycles. The van der Waals surface area contributed by atoms with E-state index >= 15 is 0 Å². The van der Waals surface area contributed by atoms with E-state index in [2.05, 4.69) is 0 Å². The van der Waals surface area contributed by atoms with Crippen molar-refractivity contribution in [1.29, 1.82) is 0 Å². The molecule has 3 nitrogen and oxygen atoms in total. The summed E-state index contributed by atoms with van der Waals surface area (Å²) in [5, 5.41) is 1.98. The molecule has 0 aliphatic carbocycles. The molecule has 1 aromatic heterocycles. The summed E-state index contributed by atoms with van der Waals surface area (Å²) < 4.78 is 0. The van der Waals surface area contributed by atoms with Crippen LogP contribution in [0.25, 0.3) is 0 Å². The van der Waals surface area contributed by atoms with Crippen LogP contribution in [-0.2, 0) is 9.59 Å². The number of carbonyl (C=O) groups is 2. The summed E-state index contributed by atoms with van der Waals surface area (Å²) in [4.78, 5) is 25.2. The number of ketones is 1. The third-order valence-electron chi connectivity index (χ3n) is 2.33. The maximum atomic E-state index is 11.6. The smallest absolute Gasteiger partial charge is 0.230 e. The zero-order valence-electron chi connectivity index (χ0n) is 9.19. The van der Waals surface area contributed by atoms with Crippen molar-refractivity contribution in [2.24, 2.45) is 0 Å². The molecule has 0 aliphatic heterocycles. The fourth-order valence-corrected chi connectivity index (χ4v) is 2.10. The topological polar surface area (TPSA) is 37.4 Å². The zero-order valence-corrected chi connectivity index (χ0v) is 10.0. The molecule has 1 atom stereocenters. The lowest BCUT2D eigenvalue weighted by molar-refractivity contribution is -0.135. The molecule has 0 bridgehead atoms. The van der Waals surface area contributed by atoms with Crippen molar-refractivity contribution >= 4 is 23.0 Å². The van der Waals surface area contributed by atoms with Gasteiger partial charge in [-0.25, -0.2) is 0 Å². The highest BCUT2D eigenvalue weighted by molar-refractivity contribution is 7.10. The molecule has 4 heteroatoms. The number of hydrogen-bond acceptors (Lipinski definition) is 3. The molecule has 0 N–H and O–H groups in total. The number of Topliss-reactive ketones (excluding diaryl/α,β-unsaturated/α-hetero) is 1.